The van der Waals surface area contributed by atoms with Crippen LogP contribution in [-0.2, 0) is 0 Å². The summed E-state index contributed by atoms with van der Waals surface area (Å²) in [6, 6.07) is 19.2. The molecule has 5 nitrogen and oxygen atoms in total. The Kier molecular flexibility index (Phi) is 5.19. The number of aryl methyl sites for hydroxylation is 2. The van der Waals surface area contributed by atoms with Gasteiger partial charge in [0.05, 0.1) is 17.4 Å². The molecule has 3 heterocycles. The number of hydrazone groups is 1. The minimum absolute atomic E-state index is 0.214. The molecule has 0 saturated heterocycles. The van der Waals surface area contributed by atoms with Crippen LogP contribution in [0.2, 0.25) is 5.02 Å². The number of halogens is 1. The van der Waals surface area contributed by atoms with Crippen molar-refractivity contribution < 1.29 is 4.79 Å². The molecule has 2 aromatic carbocycles. The second-order valence-electron chi connectivity index (χ2n) is 7.94. The molecule has 5 rings (SSSR count). The Morgan fingerprint density at radius 1 is 1.12 bits per heavy atom. The zero-order chi connectivity index (χ0) is 22.4. The first-order chi connectivity index (χ1) is 15.4. The topological polar surface area (TPSA) is 71.6 Å². The molecule has 0 fully saturated rings. The predicted molar refractivity (Wildman–Crippen MR) is 131 cm³/mol. The smallest absolute Gasteiger partial charge is 0.286 e. The monoisotopic (exact) mass is 460 g/mol. The van der Waals surface area contributed by atoms with Gasteiger partial charge in [0.15, 0.2) is 0 Å². The maximum absolute atomic E-state index is 13.8. The Morgan fingerprint density at radius 2 is 1.84 bits per heavy atom. The first-order valence-corrected chi connectivity index (χ1v) is 11.5. The zero-order valence-corrected chi connectivity index (χ0v) is 19.2. The number of benzene rings is 2. The highest BCUT2D eigenvalue weighted by molar-refractivity contribution is 7.21. The number of nitrogen functional groups attached to an aromatic ring is 1. The molecule has 1 amide bonds. The van der Waals surface area contributed by atoms with Crippen LogP contribution in [0.4, 0.5) is 5.69 Å². The van der Waals surface area contributed by atoms with Gasteiger partial charge in [0.25, 0.3) is 5.91 Å². The maximum atomic E-state index is 13.8. The number of fused-ring (bicyclic) bond motifs is 1. The number of aromatic nitrogens is 1. The van der Waals surface area contributed by atoms with Crippen molar-refractivity contribution in [1.82, 2.24) is 9.99 Å². The molecule has 0 radical (unpaired) electrons. The van der Waals surface area contributed by atoms with Crippen molar-refractivity contribution in [2.24, 2.45) is 5.10 Å². The van der Waals surface area contributed by atoms with Gasteiger partial charge < -0.3 is 5.73 Å². The number of carbonyl (C=O) groups is 1. The van der Waals surface area contributed by atoms with E-state index in [9.17, 15) is 4.79 Å². The molecular weight excluding hydrogens is 440 g/mol. The highest BCUT2D eigenvalue weighted by atomic mass is 35.5. The van der Waals surface area contributed by atoms with Crippen molar-refractivity contribution in [3.8, 4) is 0 Å². The Bertz CT molecular complexity index is 1360. The summed E-state index contributed by atoms with van der Waals surface area (Å²) in [6.07, 6.45) is 0.610. The minimum atomic E-state index is -0.240. The summed E-state index contributed by atoms with van der Waals surface area (Å²) in [5.74, 6) is -0.214. The van der Waals surface area contributed by atoms with E-state index in [2.05, 4.69) is 4.98 Å². The quantitative estimate of drug-likeness (QED) is 0.399. The summed E-state index contributed by atoms with van der Waals surface area (Å²) in [6.45, 7) is 3.93. The van der Waals surface area contributed by atoms with E-state index in [4.69, 9.17) is 22.4 Å². The lowest BCUT2D eigenvalue weighted by molar-refractivity contribution is 0.0717. The van der Waals surface area contributed by atoms with Crippen molar-refractivity contribution in [2.45, 2.75) is 26.3 Å². The van der Waals surface area contributed by atoms with Crippen LogP contribution in [0.1, 0.15) is 44.5 Å². The van der Waals surface area contributed by atoms with E-state index in [0.29, 0.717) is 22.0 Å². The highest BCUT2D eigenvalue weighted by Crippen LogP contribution is 2.40. The standard InChI is InChI=1S/C25H21ClN4OS/c1-14-12-15(2)28-24-21(14)22(27)23(32-24)25(31)30-20(17-8-10-18(26)11-9-17)13-19(29-30)16-6-4-3-5-7-16/h3-12,20H,13,27H2,1-2H3. The molecule has 160 valence electrons. The molecule has 0 spiro atoms. The fourth-order valence-electron chi connectivity index (χ4n) is 4.18. The molecule has 1 aliphatic heterocycles. The number of nitrogens with zero attached hydrogens (tertiary/aromatic N) is 3. The molecule has 1 atom stereocenters. The lowest BCUT2D eigenvalue weighted by Gasteiger charge is -2.21. The van der Waals surface area contributed by atoms with E-state index >= 15 is 0 Å². The van der Waals surface area contributed by atoms with E-state index in [-0.39, 0.29) is 11.9 Å². The average Bonchev–Trinajstić information content (AvgIpc) is 3.36. The summed E-state index contributed by atoms with van der Waals surface area (Å²) in [7, 11) is 0. The van der Waals surface area contributed by atoms with Crippen molar-refractivity contribution in [2.75, 3.05) is 5.73 Å². The molecule has 0 saturated carbocycles. The molecular formula is C25H21ClN4OS. The Balaban J connectivity index is 1.60. The number of pyridine rings is 1. The van der Waals surface area contributed by atoms with E-state index in [1.165, 1.54) is 11.3 Å². The number of hydrogen-bond acceptors (Lipinski definition) is 5. The van der Waals surface area contributed by atoms with Crippen LogP contribution in [0, 0.1) is 13.8 Å². The van der Waals surface area contributed by atoms with Gasteiger partial charge in [-0.3, -0.25) is 4.79 Å². The number of nitrogens with two attached hydrogens (primary N) is 1. The number of rotatable bonds is 3. The Morgan fingerprint density at radius 3 is 2.56 bits per heavy atom. The normalized spacial score (nSPS) is 15.9. The van der Waals surface area contributed by atoms with E-state index < -0.39 is 0 Å². The minimum Gasteiger partial charge on any atom is -0.397 e. The van der Waals surface area contributed by atoms with Crippen LogP contribution in [0.15, 0.2) is 65.8 Å². The van der Waals surface area contributed by atoms with Crippen molar-refractivity contribution >= 4 is 50.5 Å². The molecule has 1 aliphatic rings. The molecule has 0 aliphatic carbocycles. The zero-order valence-electron chi connectivity index (χ0n) is 17.7. The lowest BCUT2D eigenvalue weighted by atomic mass is 9.98. The largest absolute Gasteiger partial charge is 0.397 e. The third-order valence-corrected chi connectivity index (χ3v) is 7.04. The van der Waals surface area contributed by atoms with Crippen molar-refractivity contribution in [3.63, 3.8) is 0 Å². The lowest BCUT2D eigenvalue weighted by Crippen LogP contribution is -2.27. The number of carbonyl (C=O) groups excluding carboxylic acids is 1. The second kappa shape index (κ2) is 8.04. The molecule has 1 unspecified atom stereocenters. The summed E-state index contributed by atoms with van der Waals surface area (Å²) in [5, 5.41) is 7.83. The molecule has 7 heteroatoms. The summed E-state index contributed by atoms with van der Waals surface area (Å²) in [5.41, 5.74) is 11.7. The fraction of sp³-hybridized carbons (Fsp3) is 0.160. The molecule has 2 aromatic heterocycles. The van der Waals surface area contributed by atoms with Gasteiger partial charge in [0, 0.05) is 22.5 Å². The summed E-state index contributed by atoms with van der Waals surface area (Å²) in [4.78, 5) is 19.6. The Hall–Kier alpha value is -3.22. The first kappa shape index (κ1) is 20.7. The van der Waals surface area contributed by atoms with Gasteiger partial charge in [-0.15, -0.1) is 11.3 Å². The van der Waals surface area contributed by atoms with Gasteiger partial charge in [0.2, 0.25) is 0 Å². The predicted octanol–water partition coefficient (Wildman–Crippen LogP) is 6.14. The molecule has 32 heavy (non-hydrogen) atoms. The molecule has 4 aromatic rings. The average molecular weight is 461 g/mol. The van der Waals surface area contributed by atoms with Gasteiger partial charge in [0.1, 0.15) is 9.71 Å². The van der Waals surface area contributed by atoms with Crippen LogP contribution < -0.4 is 5.73 Å². The van der Waals surface area contributed by atoms with Crippen LogP contribution in [0.3, 0.4) is 0 Å². The van der Waals surface area contributed by atoms with Gasteiger partial charge in [-0.25, -0.2) is 9.99 Å². The van der Waals surface area contributed by atoms with E-state index in [0.717, 1.165) is 38.3 Å². The highest BCUT2D eigenvalue weighted by Gasteiger charge is 2.35. The first-order valence-electron chi connectivity index (χ1n) is 10.3. The number of thiophene rings is 1. The SMILES string of the molecule is Cc1cc(C)c2c(N)c(C(=O)N3N=C(c4ccccc4)CC3c3ccc(Cl)cc3)sc2n1. The number of anilines is 1. The molecule has 0 bridgehead atoms. The molecule has 2 N–H and O–H groups in total. The third kappa shape index (κ3) is 3.55. The van der Waals surface area contributed by atoms with Gasteiger partial charge >= 0.3 is 0 Å². The van der Waals surface area contributed by atoms with Crippen molar-refractivity contribution in [1.29, 1.82) is 0 Å². The Labute approximate surface area is 195 Å². The second-order valence-corrected chi connectivity index (χ2v) is 9.37. The van der Waals surface area contributed by atoms with Gasteiger partial charge in [-0.05, 0) is 48.7 Å². The van der Waals surface area contributed by atoms with Gasteiger partial charge in [-0.1, -0.05) is 54.1 Å². The fourth-order valence-corrected chi connectivity index (χ4v) is 5.45. The van der Waals surface area contributed by atoms with Crippen LogP contribution in [0.25, 0.3) is 10.2 Å². The van der Waals surface area contributed by atoms with Crippen molar-refractivity contribution in [3.05, 3.63) is 92.9 Å². The number of hydrogen-bond donors (Lipinski definition) is 1. The van der Waals surface area contributed by atoms with Gasteiger partial charge in [-0.2, -0.15) is 5.10 Å². The third-order valence-electron chi connectivity index (χ3n) is 5.70. The van der Waals surface area contributed by atoms with Crippen LogP contribution in [-0.4, -0.2) is 21.6 Å². The van der Waals surface area contributed by atoms with Crippen LogP contribution >= 0.6 is 22.9 Å². The summed E-state index contributed by atoms with van der Waals surface area (Å²) >= 11 is 7.43. The maximum Gasteiger partial charge on any atom is 0.286 e. The van der Waals surface area contributed by atoms with E-state index in [1.54, 1.807) is 5.01 Å². The number of amides is 1. The summed E-state index contributed by atoms with van der Waals surface area (Å²) < 4.78 is 0. The van der Waals surface area contributed by atoms with E-state index in [1.807, 2.05) is 74.5 Å². The van der Waals surface area contributed by atoms with Crippen LogP contribution in [0.5, 0.6) is 0 Å².